The fourth-order valence-corrected chi connectivity index (χ4v) is 5.93. The van der Waals surface area contributed by atoms with Gasteiger partial charge in [0, 0.05) is 39.1 Å². The Hall–Kier alpha value is -2.22. The molecule has 148 valence electrons. The topological polar surface area (TPSA) is 43.6 Å². The van der Waals surface area contributed by atoms with E-state index in [0.717, 1.165) is 39.4 Å². The number of rotatable bonds is 8. The number of thiazole rings is 1. The molecule has 0 spiro atoms. The summed E-state index contributed by atoms with van der Waals surface area (Å²) in [5.74, 6) is 1.69. The molecule has 0 amide bonds. The molecular formula is C22H22N4S3. The molecule has 0 aliphatic carbocycles. The molecule has 0 fully saturated rings. The Morgan fingerprint density at radius 2 is 1.97 bits per heavy atom. The number of hydrogen-bond acceptors (Lipinski definition) is 6. The maximum absolute atomic E-state index is 4.79. The highest BCUT2D eigenvalue weighted by atomic mass is 32.2. The highest BCUT2D eigenvalue weighted by Gasteiger charge is 2.18. The van der Waals surface area contributed by atoms with E-state index in [9.17, 15) is 0 Å². The van der Waals surface area contributed by atoms with Crippen LogP contribution in [0.15, 0.2) is 58.9 Å². The number of hydrogen-bond donors (Lipinski definition) is 0. The lowest BCUT2D eigenvalue weighted by atomic mass is 10.1. The van der Waals surface area contributed by atoms with Crippen LogP contribution in [0.2, 0.25) is 0 Å². The van der Waals surface area contributed by atoms with E-state index in [-0.39, 0.29) is 0 Å². The summed E-state index contributed by atoms with van der Waals surface area (Å²) in [7, 11) is 0. The van der Waals surface area contributed by atoms with Gasteiger partial charge in [-0.25, -0.2) is 4.98 Å². The van der Waals surface area contributed by atoms with Crippen molar-refractivity contribution >= 4 is 34.4 Å². The molecule has 29 heavy (non-hydrogen) atoms. The first-order valence-electron chi connectivity index (χ1n) is 9.45. The Bertz CT molecular complexity index is 1110. The highest BCUT2D eigenvalue weighted by molar-refractivity contribution is 7.98. The molecule has 7 heteroatoms. The average Bonchev–Trinajstić information content (AvgIpc) is 3.46. The van der Waals surface area contributed by atoms with E-state index in [1.165, 1.54) is 16.0 Å². The molecule has 0 N–H and O–H groups in total. The lowest BCUT2D eigenvalue weighted by molar-refractivity contribution is 0.730. The molecule has 4 nitrogen and oxygen atoms in total. The normalized spacial score (nSPS) is 11.1. The minimum absolute atomic E-state index is 0.690. The predicted octanol–water partition coefficient (Wildman–Crippen LogP) is 6.48. The van der Waals surface area contributed by atoms with Gasteiger partial charge in [-0.1, -0.05) is 55.1 Å². The Kier molecular flexibility index (Phi) is 6.28. The Balaban J connectivity index is 1.56. The monoisotopic (exact) mass is 438 g/mol. The van der Waals surface area contributed by atoms with E-state index in [1.54, 1.807) is 34.4 Å². The maximum Gasteiger partial charge on any atom is 0.192 e. The standard InChI is InChI=1S/C22H22N4S3/c1-4-11-26-20(19-14-27-15(3)18(19)5-2)24-25-22(26)29-13-17-12-28-21(23-17)16-9-7-6-8-10-16/h4,6-10,12,14H,1,5,11,13H2,2-3H3. The summed E-state index contributed by atoms with van der Waals surface area (Å²) in [6.45, 7) is 8.97. The highest BCUT2D eigenvalue weighted by Crippen LogP contribution is 2.33. The van der Waals surface area contributed by atoms with Crippen LogP contribution in [-0.4, -0.2) is 19.7 Å². The number of aryl methyl sites for hydroxylation is 1. The third-order valence-corrected chi connectivity index (χ3v) is 7.54. The van der Waals surface area contributed by atoms with Crippen LogP contribution in [0.1, 0.15) is 23.1 Å². The van der Waals surface area contributed by atoms with Crippen molar-refractivity contribution in [3.05, 3.63) is 69.9 Å². The zero-order chi connectivity index (χ0) is 20.2. The number of aromatic nitrogens is 4. The van der Waals surface area contributed by atoms with E-state index in [0.29, 0.717) is 6.54 Å². The summed E-state index contributed by atoms with van der Waals surface area (Å²) in [6.07, 6.45) is 2.90. The second-order valence-electron chi connectivity index (χ2n) is 6.54. The molecule has 0 unspecified atom stereocenters. The van der Waals surface area contributed by atoms with Crippen molar-refractivity contribution in [3.8, 4) is 22.0 Å². The fraction of sp³-hybridized carbons (Fsp3) is 0.227. The molecule has 0 saturated heterocycles. The first-order chi connectivity index (χ1) is 14.2. The Labute approximate surface area is 183 Å². The lowest BCUT2D eigenvalue weighted by Crippen LogP contribution is -2.01. The van der Waals surface area contributed by atoms with Crippen LogP contribution in [0.25, 0.3) is 22.0 Å². The third-order valence-electron chi connectivity index (χ3n) is 4.65. The van der Waals surface area contributed by atoms with Gasteiger partial charge in [0.2, 0.25) is 0 Å². The third kappa shape index (κ3) is 4.22. The number of benzene rings is 1. The van der Waals surface area contributed by atoms with Crippen molar-refractivity contribution in [2.75, 3.05) is 0 Å². The second kappa shape index (κ2) is 9.07. The number of thioether (sulfide) groups is 1. The molecule has 0 aliphatic rings. The van der Waals surface area contributed by atoms with Gasteiger partial charge >= 0.3 is 0 Å². The molecule has 1 aromatic carbocycles. The van der Waals surface area contributed by atoms with Crippen LogP contribution in [-0.2, 0) is 18.7 Å². The number of allylic oxidation sites excluding steroid dienone is 1. The summed E-state index contributed by atoms with van der Waals surface area (Å²) < 4.78 is 2.16. The molecule has 0 saturated carbocycles. The molecule has 0 radical (unpaired) electrons. The lowest BCUT2D eigenvalue weighted by Gasteiger charge is -2.08. The van der Waals surface area contributed by atoms with Crippen LogP contribution in [0.5, 0.6) is 0 Å². The molecule has 0 aliphatic heterocycles. The van der Waals surface area contributed by atoms with Gasteiger partial charge in [0.25, 0.3) is 0 Å². The average molecular weight is 439 g/mol. The first kappa shape index (κ1) is 20.1. The van der Waals surface area contributed by atoms with Crippen LogP contribution in [0.4, 0.5) is 0 Å². The molecule has 0 bridgehead atoms. The van der Waals surface area contributed by atoms with Gasteiger partial charge in [-0.2, -0.15) is 0 Å². The summed E-state index contributed by atoms with van der Waals surface area (Å²) >= 11 is 5.13. The van der Waals surface area contributed by atoms with E-state index in [1.807, 2.05) is 24.3 Å². The minimum atomic E-state index is 0.690. The number of thiophene rings is 1. The summed E-state index contributed by atoms with van der Waals surface area (Å²) in [5, 5.41) is 15.3. The van der Waals surface area contributed by atoms with Gasteiger partial charge in [0.1, 0.15) is 5.01 Å². The van der Waals surface area contributed by atoms with Gasteiger partial charge in [-0.05, 0) is 18.9 Å². The molecule has 4 rings (SSSR count). The van der Waals surface area contributed by atoms with E-state index >= 15 is 0 Å². The van der Waals surface area contributed by atoms with Crippen molar-refractivity contribution in [1.82, 2.24) is 19.7 Å². The van der Waals surface area contributed by atoms with Gasteiger partial charge in [-0.3, -0.25) is 4.57 Å². The quantitative estimate of drug-likeness (QED) is 0.233. The smallest absolute Gasteiger partial charge is 0.192 e. The predicted molar refractivity (Wildman–Crippen MR) is 125 cm³/mol. The molecule has 4 aromatic rings. The number of nitrogens with zero attached hydrogens (tertiary/aromatic N) is 4. The van der Waals surface area contributed by atoms with Crippen LogP contribution >= 0.6 is 34.4 Å². The molecule has 3 aromatic heterocycles. The van der Waals surface area contributed by atoms with Crippen molar-refractivity contribution in [2.45, 2.75) is 37.7 Å². The second-order valence-corrected chi connectivity index (χ2v) is 9.43. The van der Waals surface area contributed by atoms with Crippen LogP contribution < -0.4 is 0 Å². The summed E-state index contributed by atoms with van der Waals surface area (Å²) in [4.78, 5) is 6.14. The van der Waals surface area contributed by atoms with Gasteiger partial charge in [-0.15, -0.1) is 39.4 Å². The first-order valence-corrected chi connectivity index (χ1v) is 12.2. The Morgan fingerprint density at radius 1 is 1.14 bits per heavy atom. The zero-order valence-electron chi connectivity index (χ0n) is 16.5. The van der Waals surface area contributed by atoms with Crippen molar-refractivity contribution < 1.29 is 0 Å². The van der Waals surface area contributed by atoms with Crippen LogP contribution in [0.3, 0.4) is 0 Å². The van der Waals surface area contributed by atoms with Gasteiger partial charge in [0.15, 0.2) is 11.0 Å². The largest absolute Gasteiger partial charge is 0.298 e. The van der Waals surface area contributed by atoms with E-state index in [4.69, 9.17) is 4.98 Å². The van der Waals surface area contributed by atoms with Crippen LogP contribution in [0, 0.1) is 6.92 Å². The van der Waals surface area contributed by atoms with E-state index < -0.39 is 0 Å². The SMILES string of the molecule is C=CCn1c(SCc2csc(-c3ccccc3)n2)nnc1-c1csc(C)c1CC. The zero-order valence-corrected chi connectivity index (χ0v) is 18.9. The minimum Gasteiger partial charge on any atom is -0.298 e. The van der Waals surface area contributed by atoms with Gasteiger partial charge < -0.3 is 0 Å². The fourth-order valence-electron chi connectivity index (χ4n) is 3.22. The Morgan fingerprint density at radius 3 is 2.72 bits per heavy atom. The van der Waals surface area contributed by atoms with E-state index in [2.05, 4.69) is 58.1 Å². The van der Waals surface area contributed by atoms with Crippen molar-refractivity contribution in [1.29, 1.82) is 0 Å². The van der Waals surface area contributed by atoms with Crippen molar-refractivity contribution in [3.63, 3.8) is 0 Å². The maximum atomic E-state index is 4.79. The van der Waals surface area contributed by atoms with Gasteiger partial charge in [0.05, 0.1) is 5.69 Å². The molecule has 3 heterocycles. The molecular weight excluding hydrogens is 416 g/mol. The van der Waals surface area contributed by atoms with Crippen molar-refractivity contribution in [2.24, 2.45) is 0 Å². The summed E-state index contributed by atoms with van der Waals surface area (Å²) in [6, 6.07) is 10.3. The summed E-state index contributed by atoms with van der Waals surface area (Å²) in [5.41, 5.74) is 4.77. The molecule has 0 atom stereocenters.